The van der Waals surface area contributed by atoms with Crippen LogP contribution in [0.2, 0.25) is 0 Å². The van der Waals surface area contributed by atoms with Gasteiger partial charge in [-0.2, -0.15) is 0 Å². The predicted molar refractivity (Wildman–Crippen MR) is 68.2 cm³/mol. The lowest BCUT2D eigenvalue weighted by Crippen LogP contribution is -2.07. The summed E-state index contributed by atoms with van der Waals surface area (Å²) in [5.74, 6) is -0.411. The number of hydrogen-bond acceptors (Lipinski definition) is 4. The molecule has 0 aliphatic heterocycles. The van der Waals surface area contributed by atoms with E-state index in [1.165, 1.54) is 0 Å². The minimum absolute atomic E-state index is 0.303. The number of aryl methyl sites for hydroxylation is 1. The lowest BCUT2D eigenvalue weighted by Gasteiger charge is -2.04. The highest BCUT2D eigenvalue weighted by atomic mass is 16.5. The van der Waals surface area contributed by atoms with Gasteiger partial charge < -0.3 is 4.74 Å². The fourth-order valence-electron chi connectivity index (χ4n) is 1.52. The highest BCUT2D eigenvalue weighted by Crippen LogP contribution is 2.15. The number of rotatable bonds is 3. The average Bonchev–Trinajstić information content (AvgIpc) is 2.40. The number of hydrogen-bond donors (Lipinski definition) is 0. The molecular formula is C14H14N2O2. The van der Waals surface area contributed by atoms with Gasteiger partial charge in [0.25, 0.3) is 0 Å². The molecule has 0 bridgehead atoms. The average molecular weight is 242 g/mol. The Hall–Kier alpha value is -2.23. The standard InChI is InChI=1S/C14H14N2O2/c1-3-18-14(17)13-6-4-5-12(16-13)11-8-7-10(2)9-15-11/h4-9H,3H2,1-2H3. The van der Waals surface area contributed by atoms with Gasteiger partial charge in [0.2, 0.25) is 0 Å². The molecule has 2 heterocycles. The van der Waals surface area contributed by atoms with Crippen LogP contribution in [0.4, 0.5) is 0 Å². The summed E-state index contributed by atoms with van der Waals surface area (Å²) < 4.78 is 4.92. The van der Waals surface area contributed by atoms with Crippen LogP contribution in [-0.2, 0) is 4.74 Å². The van der Waals surface area contributed by atoms with E-state index in [0.717, 1.165) is 11.3 Å². The van der Waals surface area contributed by atoms with E-state index >= 15 is 0 Å². The number of carbonyl (C=O) groups is 1. The summed E-state index contributed by atoms with van der Waals surface area (Å²) in [7, 11) is 0. The summed E-state index contributed by atoms with van der Waals surface area (Å²) in [5.41, 5.74) is 2.80. The van der Waals surface area contributed by atoms with Crippen molar-refractivity contribution in [2.24, 2.45) is 0 Å². The maximum atomic E-state index is 11.6. The van der Waals surface area contributed by atoms with Crippen molar-refractivity contribution in [3.63, 3.8) is 0 Å². The Bertz CT molecular complexity index is 550. The normalized spacial score (nSPS) is 10.1. The number of carbonyl (C=O) groups excluding carboxylic acids is 1. The molecule has 4 heteroatoms. The zero-order valence-corrected chi connectivity index (χ0v) is 10.4. The molecular weight excluding hydrogens is 228 g/mol. The molecule has 0 N–H and O–H groups in total. The third-order valence-electron chi connectivity index (χ3n) is 2.41. The quantitative estimate of drug-likeness (QED) is 0.776. The predicted octanol–water partition coefficient (Wildman–Crippen LogP) is 2.63. The lowest BCUT2D eigenvalue weighted by molar-refractivity contribution is 0.0519. The molecule has 2 aromatic heterocycles. The van der Waals surface area contributed by atoms with E-state index in [4.69, 9.17) is 4.74 Å². The smallest absolute Gasteiger partial charge is 0.356 e. The molecule has 0 aromatic carbocycles. The molecule has 0 aliphatic rings. The molecule has 0 saturated heterocycles. The molecule has 0 aliphatic carbocycles. The zero-order chi connectivity index (χ0) is 13.0. The van der Waals surface area contributed by atoms with Crippen molar-refractivity contribution in [2.75, 3.05) is 6.61 Å². The Labute approximate surface area is 106 Å². The SMILES string of the molecule is CCOC(=O)c1cccc(-c2ccc(C)cn2)n1. The second-order valence-corrected chi connectivity index (χ2v) is 3.85. The van der Waals surface area contributed by atoms with Crippen molar-refractivity contribution in [1.29, 1.82) is 0 Å². The van der Waals surface area contributed by atoms with Crippen molar-refractivity contribution in [3.05, 3.63) is 47.8 Å². The van der Waals surface area contributed by atoms with Gasteiger partial charge in [0, 0.05) is 6.20 Å². The second-order valence-electron chi connectivity index (χ2n) is 3.85. The molecule has 2 aromatic rings. The van der Waals surface area contributed by atoms with E-state index in [0.29, 0.717) is 18.0 Å². The van der Waals surface area contributed by atoms with E-state index in [-0.39, 0.29) is 0 Å². The summed E-state index contributed by atoms with van der Waals surface area (Å²) >= 11 is 0. The zero-order valence-electron chi connectivity index (χ0n) is 10.4. The Morgan fingerprint density at radius 1 is 1.22 bits per heavy atom. The maximum absolute atomic E-state index is 11.6. The molecule has 0 radical (unpaired) electrons. The molecule has 0 amide bonds. The Morgan fingerprint density at radius 3 is 2.72 bits per heavy atom. The molecule has 18 heavy (non-hydrogen) atoms. The third kappa shape index (κ3) is 2.71. The number of esters is 1. The Balaban J connectivity index is 2.32. The van der Waals surface area contributed by atoms with Gasteiger partial charge >= 0.3 is 5.97 Å². The van der Waals surface area contributed by atoms with Crippen molar-refractivity contribution in [2.45, 2.75) is 13.8 Å². The van der Waals surface area contributed by atoms with E-state index in [1.807, 2.05) is 25.1 Å². The first-order valence-electron chi connectivity index (χ1n) is 5.78. The fourth-order valence-corrected chi connectivity index (χ4v) is 1.52. The number of nitrogens with zero attached hydrogens (tertiary/aromatic N) is 2. The molecule has 4 nitrogen and oxygen atoms in total. The third-order valence-corrected chi connectivity index (χ3v) is 2.41. The Kier molecular flexibility index (Phi) is 3.67. The first kappa shape index (κ1) is 12.2. The highest BCUT2D eigenvalue weighted by Gasteiger charge is 2.09. The monoisotopic (exact) mass is 242 g/mol. The van der Waals surface area contributed by atoms with Crippen molar-refractivity contribution in [3.8, 4) is 11.4 Å². The van der Waals surface area contributed by atoms with Crippen molar-refractivity contribution < 1.29 is 9.53 Å². The van der Waals surface area contributed by atoms with Gasteiger partial charge in [0.1, 0.15) is 5.69 Å². The number of aromatic nitrogens is 2. The van der Waals surface area contributed by atoms with Crippen LogP contribution >= 0.6 is 0 Å². The van der Waals surface area contributed by atoms with Gasteiger partial charge in [-0.1, -0.05) is 12.1 Å². The van der Waals surface area contributed by atoms with E-state index in [1.54, 1.807) is 25.3 Å². The Morgan fingerprint density at radius 2 is 2.06 bits per heavy atom. The van der Waals surface area contributed by atoms with Gasteiger partial charge in [0.15, 0.2) is 0 Å². The fraction of sp³-hybridized carbons (Fsp3) is 0.214. The van der Waals surface area contributed by atoms with E-state index in [2.05, 4.69) is 9.97 Å². The van der Waals surface area contributed by atoms with Gasteiger partial charge in [-0.25, -0.2) is 9.78 Å². The van der Waals surface area contributed by atoms with E-state index in [9.17, 15) is 4.79 Å². The first-order valence-corrected chi connectivity index (χ1v) is 5.78. The first-order chi connectivity index (χ1) is 8.70. The summed E-state index contributed by atoms with van der Waals surface area (Å²) in [6.45, 7) is 4.08. The molecule has 0 fully saturated rings. The van der Waals surface area contributed by atoms with Crippen LogP contribution in [0, 0.1) is 6.92 Å². The van der Waals surface area contributed by atoms with Gasteiger partial charge in [-0.15, -0.1) is 0 Å². The van der Waals surface area contributed by atoms with Crippen LogP contribution in [0.25, 0.3) is 11.4 Å². The van der Waals surface area contributed by atoms with Crippen LogP contribution < -0.4 is 0 Å². The topological polar surface area (TPSA) is 52.1 Å². The van der Waals surface area contributed by atoms with Crippen molar-refractivity contribution >= 4 is 5.97 Å². The minimum Gasteiger partial charge on any atom is -0.461 e. The molecule has 0 saturated carbocycles. The molecule has 0 spiro atoms. The number of ether oxygens (including phenoxy) is 1. The van der Waals surface area contributed by atoms with Gasteiger partial charge in [-0.05, 0) is 37.6 Å². The summed E-state index contributed by atoms with van der Waals surface area (Å²) in [4.78, 5) is 20.1. The van der Waals surface area contributed by atoms with Gasteiger partial charge in [-0.3, -0.25) is 4.98 Å². The van der Waals surface area contributed by atoms with Crippen LogP contribution in [0.3, 0.4) is 0 Å². The maximum Gasteiger partial charge on any atom is 0.356 e. The second kappa shape index (κ2) is 5.40. The summed E-state index contributed by atoms with van der Waals surface area (Å²) in [6.07, 6.45) is 1.77. The summed E-state index contributed by atoms with van der Waals surface area (Å²) in [5, 5.41) is 0. The lowest BCUT2D eigenvalue weighted by atomic mass is 10.2. The van der Waals surface area contributed by atoms with Crippen LogP contribution in [0.15, 0.2) is 36.5 Å². The highest BCUT2D eigenvalue weighted by molar-refractivity contribution is 5.87. The minimum atomic E-state index is -0.411. The molecule has 0 atom stereocenters. The van der Waals surface area contributed by atoms with Gasteiger partial charge in [0.05, 0.1) is 18.0 Å². The molecule has 92 valence electrons. The van der Waals surface area contributed by atoms with E-state index < -0.39 is 5.97 Å². The van der Waals surface area contributed by atoms with Crippen LogP contribution in [-0.4, -0.2) is 22.5 Å². The molecule has 0 unspecified atom stereocenters. The van der Waals surface area contributed by atoms with Crippen molar-refractivity contribution in [1.82, 2.24) is 9.97 Å². The van der Waals surface area contributed by atoms with Crippen LogP contribution in [0.1, 0.15) is 23.0 Å². The number of pyridine rings is 2. The largest absolute Gasteiger partial charge is 0.461 e. The van der Waals surface area contributed by atoms with Crippen LogP contribution in [0.5, 0.6) is 0 Å². The molecule has 2 rings (SSSR count). The summed E-state index contributed by atoms with van der Waals surface area (Å²) in [6, 6.07) is 9.07.